The summed E-state index contributed by atoms with van der Waals surface area (Å²) in [6.07, 6.45) is 11.9. The van der Waals surface area contributed by atoms with Crippen molar-refractivity contribution in [3.8, 4) is 17.3 Å². The first-order valence-corrected chi connectivity index (χ1v) is 14.7. The summed E-state index contributed by atoms with van der Waals surface area (Å²) in [5, 5.41) is 6.34. The molecule has 4 aliphatic heterocycles. The minimum Gasteiger partial charge on any atom is -0.461 e. The van der Waals surface area contributed by atoms with E-state index < -0.39 is 5.82 Å². The van der Waals surface area contributed by atoms with E-state index in [1.165, 1.54) is 12.8 Å². The Morgan fingerprint density at radius 3 is 2.65 bits per heavy atom. The van der Waals surface area contributed by atoms with Crippen molar-refractivity contribution in [3.05, 3.63) is 47.6 Å². The van der Waals surface area contributed by atoms with Crippen LogP contribution in [0.1, 0.15) is 38.5 Å². The van der Waals surface area contributed by atoms with Gasteiger partial charge in [0.1, 0.15) is 23.6 Å². The Bertz CT molecular complexity index is 1610. The van der Waals surface area contributed by atoms with Gasteiger partial charge in [0.15, 0.2) is 5.82 Å². The van der Waals surface area contributed by atoms with Crippen molar-refractivity contribution >= 4 is 39.1 Å². The van der Waals surface area contributed by atoms with Crippen LogP contribution in [0.4, 0.5) is 10.2 Å². The topological polar surface area (TPSA) is 79.3 Å². The first-order valence-electron chi connectivity index (χ1n) is 14.4. The van der Waals surface area contributed by atoms with E-state index in [1.54, 1.807) is 24.7 Å². The van der Waals surface area contributed by atoms with Gasteiger partial charge in [0.05, 0.1) is 10.9 Å². The Hall–Kier alpha value is -3.14. The zero-order valence-corrected chi connectivity index (χ0v) is 23.0. The van der Waals surface area contributed by atoms with Gasteiger partial charge in [-0.25, -0.2) is 4.39 Å². The van der Waals surface area contributed by atoms with E-state index in [-0.39, 0.29) is 22.8 Å². The summed E-state index contributed by atoms with van der Waals surface area (Å²) in [7, 11) is 0. The number of aromatic nitrogens is 4. The van der Waals surface area contributed by atoms with Crippen molar-refractivity contribution < 1.29 is 9.13 Å². The number of fused-ring (bicyclic) bond motifs is 5. The molecular weight excluding hydrogens is 529 g/mol. The lowest BCUT2D eigenvalue weighted by Gasteiger charge is -2.34. The second-order valence-corrected chi connectivity index (χ2v) is 12.2. The summed E-state index contributed by atoms with van der Waals surface area (Å²) in [6, 6.07) is 6.60. The van der Waals surface area contributed by atoms with Crippen LogP contribution >= 0.6 is 11.6 Å². The summed E-state index contributed by atoms with van der Waals surface area (Å²) in [5.74, 6) is 0.178. The molecule has 4 aromatic rings. The van der Waals surface area contributed by atoms with Crippen LogP contribution in [0, 0.1) is 5.82 Å². The number of anilines is 1. The molecule has 10 heteroatoms. The molecule has 8 rings (SSSR count). The summed E-state index contributed by atoms with van der Waals surface area (Å²) in [5.41, 5.74) is 0.968. The Balaban J connectivity index is 1.25. The molecule has 0 saturated carbocycles. The monoisotopic (exact) mass is 559 g/mol. The van der Waals surface area contributed by atoms with Gasteiger partial charge in [-0.1, -0.05) is 23.7 Å². The van der Waals surface area contributed by atoms with Gasteiger partial charge >= 0.3 is 6.01 Å². The van der Waals surface area contributed by atoms with Crippen molar-refractivity contribution in [2.24, 2.45) is 0 Å². The molecule has 1 N–H and O–H groups in total. The van der Waals surface area contributed by atoms with E-state index in [2.05, 4.69) is 30.1 Å². The summed E-state index contributed by atoms with van der Waals surface area (Å²) in [4.78, 5) is 23.3. The molecule has 0 aliphatic carbocycles. The van der Waals surface area contributed by atoms with Gasteiger partial charge in [-0.3, -0.25) is 14.9 Å². The van der Waals surface area contributed by atoms with E-state index in [0.29, 0.717) is 40.5 Å². The van der Waals surface area contributed by atoms with E-state index >= 15 is 4.39 Å². The van der Waals surface area contributed by atoms with Crippen LogP contribution in [0.25, 0.3) is 32.9 Å². The average Bonchev–Trinajstić information content (AvgIpc) is 3.65. The lowest BCUT2D eigenvalue weighted by Crippen LogP contribution is -2.51. The summed E-state index contributed by atoms with van der Waals surface area (Å²) < 4.78 is 22.9. The first kappa shape index (κ1) is 24.6. The lowest BCUT2D eigenvalue weighted by atomic mass is 9.95. The highest BCUT2D eigenvalue weighted by Gasteiger charge is 2.45. The van der Waals surface area contributed by atoms with E-state index in [0.717, 1.165) is 62.6 Å². The molecule has 4 fully saturated rings. The number of pyridine rings is 2. The molecular formula is C30H31ClFN7O. The number of hydrogen-bond donors (Lipinski definition) is 1. The normalized spacial score (nSPS) is 23.8. The highest BCUT2D eigenvalue weighted by Crippen LogP contribution is 2.40. The zero-order chi connectivity index (χ0) is 26.8. The second kappa shape index (κ2) is 9.46. The third-order valence-electron chi connectivity index (χ3n) is 9.43. The number of ether oxygens (including phenoxy) is 1. The van der Waals surface area contributed by atoms with Gasteiger partial charge in [-0.2, -0.15) is 9.97 Å². The molecule has 40 heavy (non-hydrogen) atoms. The average molecular weight is 560 g/mol. The predicted octanol–water partition coefficient (Wildman–Crippen LogP) is 4.98. The van der Waals surface area contributed by atoms with Crippen LogP contribution in [0.2, 0.25) is 5.02 Å². The van der Waals surface area contributed by atoms with Crippen LogP contribution in [0.5, 0.6) is 6.01 Å². The largest absolute Gasteiger partial charge is 0.461 e. The molecule has 1 aromatic carbocycles. The molecule has 0 spiro atoms. The molecule has 4 saturated heterocycles. The SMILES string of the molecule is Fc1c(-c2cncc3cccc(Cl)c23)ncc2c(N3C[C@H]4CC[C@@H](C3)N4)nc(OCC34CCCN3CCC4)nc12. The molecule has 4 aliphatic rings. The van der Waals surface area contributed by atoms with Crippen LogP contribution in [0.3, 0.4) is 0 Å². The number of piperazine rings is 1. The number of hydrogen-bond acceptors (Lipinski definition) is 8. The maximum Gasteiger partial charge on any atom is 0.319 e. The van der Waals surface area contributed by atoms with Crippen LogP contribution in [0.15, 0.2) is 36.8 Å². The Morgan fingerprint density at radius 1 is 1.05 bits per heavy atom. The van der Waals surface area contributed by atoms with Crippen molar-refractivity contribution in [1.82, 2.24) is 30.2 Å². The Kier molecular flexibility index (Phi) is 5.83. The summed E-state index contributed by atoms with van der Waals surface area (Å²) >= 11 is 6.57. The van der Waals surface area contributed by atoms with Crippen LogP contribution in [-0.4, -0.2) is 75.2 Å². The predicted molar refractivity (Wildman–Crippen MR) is 153 cm³/mol. The Morgan fingerprint density at radius 2 is 1.85 bits per heavy atom. The molecule has 206 valence electrons. The zero-order valence-electron chi connectivity index (χ0n) is 22.2. The fraction of sp³-hybridized carbons (Fsp3) is 0.467. The molecule has 0 amide bonds. The molecule has 8 nitrogen and oxygen atoms in total. The van der Waals surface area contributed by atoms with Crippen molar-refractivity contribution in [2.75, 3.05) is 37.7 Å². The Labute approximate surface area is 236 Å². The first-order chi connectivity index (χ1) is 19.6. The molecule has 2 bridgehead atoms. The third-order valence-corrected chi connectivity index (χ3v) is 9.74. The van der Waals surface area contributed by atoms with E-state index in [4.69, 9.17) is 21.3 Å². The number of halogens is 2. The number of nitrogens with one attached hydrogen (secondary N) is 1. The van der Waals surface area contributed by atoms with Crippen molar-refractivity contribution in [2.45, 2.75) is 56.1 Å². The standard InChI is InChI=1S/C30H31ClFN7O/c31-23-5-1-4-18-12-33-13-21(24(18)23)26-25(32)27-22(14-34-26)28(38-15-19-6-7-20(16-38)35-19)37-29(36-27)40-17-30-8-2-10-39(30)11-3-9-30/h1,4-5,12-14,19-20,35H,2-3,6-11,15-17H2/t19-,20+. The third kappa shape index (κ3) is 3.93. The van der Waals surface area contributed by atoms with Crippen LogP contribution < -0.4 is 15.0 Å². The molecule has 0 radical (unpaired) electrons. The highest BCUT2D eigenvalue weighted by atomic mass is 35.5. The van der Waals surface area contributed by atoms with Gasteiger partial charge < -0.3 is 15.0 Å². The van der Waals surface area contributed by atoms with Crippen molar-refractivity contribution in [3.63, 3.8) is 0 Å². The van der Waals surface area contributed by atoms with Gasteiger partial charge in [0.2, 0.25) is 0 Å². The molecule has 2 atom stereocenters. The maximum absolute atomic E-state index is 16.5. The molecule has 0 unspecified atom stereocenters. The van der Waals surface area contributed by atoms with E-state index in [9.17, 15) is 0 Å². The maximum atomic E-state index is 16.5. The smallest absolute Gasteiger partial charge is 0.319 e. The lowest BCUT2D eigenvalue weighted by molar-refractivity contribution is 0.108. The number of benzene rings is 1. The number of nitrogens with zero attached hydrogens (tertiary/aromatic N) is 6. The van der Waals surface area contributed by atoms with Crippen LogP contribution in [-0.2, 0) is 0 Å². The minimum atomic E-state index is -0.514. The summed E-state index contributed by atoms with van der Waals surface area (Å²) in [6.45, 7) is 4.37. The fourth-order valence-electron chi connectivity index (χ4n) is 7.51. The van der Waals surface area contributed by atoms with Gasteiger partial charge in [-0.15, -0.1) is 0 Å². The van der Waals surface area contributed by atoms with Crippen molar-refractivity contribution in [1.29, 1.82) is 0 Å². The van der Waals surface area contributed by atoms with Gasteiger partial charge in [0.25, 0.3) is 0 Å². The highest BCUT2D eigenvalue weighted by molar-refractivity contribution is 6.36. The fourth-order valence-corrected chi connectivity index (χ4v) is 7.80. The van der Waals surface area contributed by atoms with Gasteiger partial charge in [-0.05, 0) is 57.7 Å². The van der Waals surface area contributed by atoms with E-state index in [1.807, 2.05) is 12.1 Å². The second-order valence-electron chi connectivity index (χ2n) is 11.8. The molecule has 3 aromatic heterocycles. The number of rotatable bonds is 5. The van der Waals surface area contributed by atoms with Gasteiger partial charge in [0, 0.05) is 65.1 Å². The minimum absolute atomic E-state index is 0.0416. The molecule has 7 heterocycles. The quantitative estimate of drug-likeness (QED) is 0.367.